The molecule has 0 aliphatic heterocycles. The Balaban J connectivity index is 1.62. The molecule has 0 aliphatic carbocycles. The number of aromatic nitrogens is 4. The van der Waals surface area contributed by atoms with Gasteiger partial charge in [0, 0.05) is 75.3 Å². The third kappa shape index (κ3) is 3.08. The van der Waals surface area contributed by atoms with E-state index in [9.17, 15) is 0 Å². The smallest absolute Gasteiger partial charge is 0.146 e. The Hall–Kier alpha value is -4.97. The van der Waals surface area contributed by atoms with Crippen molar-refractivity contribution in [1.29, 1.82) is 0 Å². The Labute approximate surface area is 206 Å². The Morgan fingerprint density at radius 3 is 1.92 bits per heavy atom. The maximum Gasteiger partial charge on any atom is 0.146 e. The van der Waals surface area contributed by atoms with Crippen LogP contribution in [0.2, 0.25) is 0 Å². The predicted molar refractivity (Wildman–Crippen MR) is 140 cm³/mol. The molecule has 5 aromatic heterocycles. The van der Waals surface area contributed by atoms with E-state index in [1.807, 2.05) is 73.3 Å². The summed E-state index contributed by atoms with van der Waals surface area (Å²) in [5.41, 5.74) is 8.27. The number of nitrogens with zero attached hydrogens (tertiary/aromatic N) is 4. The highest BCUT2D eigenvalue weighted by molar-refractivity contribution is 6.00. The number of para-hydroxylation sites is 2. The quantitative estimate of drug-likeness (QED) is 0.268. The molecule has 0 saturated carbocycles. The van der Waals surface area contributed by atoms with Gasteiger partial charge in [-0.05, 0) is 31.2 Å². The number of furan rings is 2. The highest BCUT2D eigenvalue weighted by atomic mass is 16.3. The van der Waals surface area contributed by atoms with Gasteiger partial charge in [0.2, 0.25) is 0 Å². The summed E-state index contributed by atoms with van der Waals surface area (Å²) in [7, 11) is 0. The molecule has 0 amide bonds. The number of hydrogen-bond acceptors (Lipinski definition) is 5. The number of rotatable bonds is 4. The Morgan fingerprint density at radius 2 is 1.31 bits per heavy atom. The van der Waals surface area contributed by atoms with Crippen LogP contribution in [0.4, 0.5) is 0 Å². The van der Waals surface area contributed by atoms with E-state index in [-0.39, 0.29) is 0 Å². The lowest BCUT2D eigenvalue weighted by Gasteiger charge is -2.19. The van der Waals surface area contributed by atoms with Gasteiger partial charge in [0.15, 0.2) is 0 Å². The standard InChI is InChI=1S/C30H20N4O2/c1-19-15-33-30(22-7-4-12-31-16-22)34(19)27-25(23-8-2-5-20-10-13-35-28(20)23)17-32-18-26(27)24-9-3-6-21-11-14-36-29(21)24/h2-18H,1H3. The third-order valence-corrected chi connectivity index (χ3v) is 6.54. The first kappa shape index (κ1) is 20.4. The number of pyridine rings is 2. The summed E-state index contributed by atoms with van der Waals surface area (Å²) in [4.78, 5) is 13.8. The molecule has 6 heteroatoms. The van der Waals surface area contributed by atoms with Gasteiger partial charge >= 0.3 is 0 Å². The molecule has 0 bridgehead atoms. The van der Waals surface area contributed by atoms with Gasteiger partial charge in [-0.25, -0.2) is 4.98 Å². The molecule has 0 fully saturated rings. The normalized spacial score (nSPS) is 11.5. The number of imidazole rings is 1. The van der Waals surface area contributed by atoms with E-state index in [4.69, 9.17) is 18.8 Å². The highest BCUT2D eigenvalue weighted by Gasteiger charge is 2.23. The van der Waals surface area contributed by atoms with Crippen molar-refractivity contribution in [3.63, 3.8) is 0 Å². The lowest BCUT2D eigenvalue weighted by atomic mass is 9.96. The SMILES string of the molecule is Cc1cnc(-c2cccnc2)n1-c1c(-c2cccc3ccoc23)cncc1-c1cccc2ccoc12. The van der Waals surface area contributed by atoms with E-state index in [1.165, 1.54) is 0 Å². The number of aryl methyl sites for hydroxylation is 1. The highest BCUT2D eigenvalue weighted by Crippen LogP contribution is 2.42. The van der Waals surface area contributed by atoms with Gasteiger partial charge in [-0.1, -0.05) is 36.4 Å². The van der Waals surface area contributed by atoms with E-state index >= 15 is 0 Å². The summed E-state index contributed by atoms with van der Waals surface area (Å²) in [6.07, 6.45) is 12.7. The van der Waals surface area contributed by atoms with Crippen molar-refractivity contribution in [2.24, 2.45) is 0 Å². The monoisotopic (exact) mass is 468 g/mol. The second-order valence-corrected chi connectivity index (χ2v) is 8.67. The molecule has 0 unspecified atom stereocenters. The summed E-state index contributed by atoms with van der Waals surface area (Å²) >= 11 is 0. The molecule has 0 saturated heterocycles. The first-order chi connectivity index (χ1) is 17.8. The van der Waals surface area contributed by atoms with Crippen LogP contribution in [-0.2, 0) is 0 Å². The van der Waals surface area contributed by atoms with Crippen molar-refractivity contribution in [2.75, 3.05) is 0 Å². The fraction of sp³-hybridized carbons (Fsp3) is 0.0333. The minimum atomic E-state index is 0.799. The van der Waals surface area contributed by atoms with Crippen molar-refractivity contribution in [2.45, 2.75) is 6.92 Å². The molecule has 0 aliphatic rings. The second kappa shape index (κ2) is 8.06. The van der Waals surface area contributed by atoms with Crippen molar-refractivity contribution in [3.8, 4) is 39.3 Å². The molecule has 7 aromatic rings. The topological polar surface area (TPSA) is 69.9 Å². The molecule has 172 valence electrons. The fourth-order valence-electron chi connectivity index (χ4n) is 4.92. The zero-order chi connectivity index (χ0) is 24.1. The molecule has 0 N–H and O–H groups in total. The van der Waals surface area contributed by atoms with Gasteiger partial charge in [0.05, 0.1) is 18.2 Å². The van der Waals surface area contributed by atoms with Crippen LogP contribution in [0.15, 0.2) is 113 Å². The largest absolute Gasteiger partial charge is 0.464 e. The molecule has 0 spiro atoms. The van der Waals surface area contributed by atoms with Gasteiger partial charge in [-0.3, -0.25) is 14.5 Å². The Kier molecular flexibility index (Phi) is 4.57. The zero-order valence-corrected chi connectivity index (χ0v) is 19.4. The van der Waals surface area contributed by atoms with Crippen LogP contribution in [0.25, 0.3) is 61.3 Å². The lowest BCUT2D eigenvalue weighted by molar-refractivity contribution is 0.617. The number of fused-ring (bicyclic) bond motifs is 2. The minimum Gasteiger partial charge on any atom is -0.464 e. The van der Waals surface area contributed by atoms with E-state index in [1.54, 1.807) is 18.7 Å². The average Bonchev–Trinajstić information content (AvgIpc) is 3.68. The van der Waals surface area contributed by atoms with E-state index in [0.717, 1.165) is 67.0 Å². The average molecular weight is 469 g/mol. The molecular weight excluding hydrogens is 448 g/mol. The van der Waals surface area contributed by atoms with Gasteiger partial charge in [0.25, 0.3) is 0 Å². The molecule has 5 heterocycles. The van der Waals surface area contributed by atoms with Crippen LogP contribution >= 0.6 is 0 Å². The maximum absolute atomic E-state index is 5.94. The minimum absolute atomic E-state index is 0.799. The summed E-state index contributed by atoms with van der Waals surface area (Å²) in [6.45, 7) is 2.06. The van der Waals surface area contributed by atoms with Crippen LogP contribution < -0.4 is 0 Å². The maximum atomic E-state index is 5.94. The van der Waals surface area contributed by atoms with Crippen molar-refractivity contribution >= 4 is 21.9 Å². The fourth-order valence-corrected chi connectivity index (χ4v) is 4.92. The van der Waals surface area contributed by atoms with Gasteiger partial charge in [0.1, 0.15) is 17.0 Å². The molecule has 0 atom stereocenters. The van der Waals surface area contributed by atoms with Crippen molar-refractivity contribution < 1.29 is 8.83 Å². The lowest BCUT2D eigenvalue weighted by Crippen LogP contribution is -2.05. The van der Waals surface area contributed by atoms with Crippen LogP contribution in [0.3, 0.4) is 0 Å². The van der Waals surface area contributed by atoms with E-state index in [0.29, 0.717) is 0 Å². The van der Waals surface area contributed by atoms with Crippen molar-refractivity contribution in [3.05, 3.63) is 110 Å². The third-order valence-electron chi connectivity index (χ3n) is 6.54. The summed E-state index contributed by atoms with van der Waals surface area (Å²) in [6, 6.07) is 20.2. The Morgan fingerprint density at radius 1 is 0.639 bits per heavy atom. The molecule has 2 aromatic carbocycles. The number of hydrogen-bond donors (Lipinski definition) is 0. The van der Waals surface area contributed by atoms with Crippen LogP contribution in [0, 0.1) is 6.92 Å². The van der Waals surface area contributed by atoms with Crippen LogP contribution in [0.1, 0.15) is 5.69 Å². The predicted octanol–water partition coefficient (Wildman–Crippen LogP) is 7.46. The van der Waals surface area contributed by atoms with E-state index in [2.05, 4.69) is 28.6 Å². The zero-order valence-electron chi connectivity index (χ0n) is 19.4. The van der Waals surface area contributed by atoms with Gasteiger partial charge < -0.3 is 8.83 Å². The van der Waals surface area contributed by atoms with Gasteiger partial charge in [-0.15, -0.1) is 0 Å². The van der Waals surface area contributed by atoms with Crippen LogP contribution in [0.5, 0.6) is 0 Å². The second-order valence-electron chi connectivity index (χ2n) is 8.67. The molecule has 6 nitrogen and oxygen atoms in total. The molecule has 0 radical (unpaired) electrons. The molecular formula is C30H20N4O2. The van der Waals surface area contributed by atoms with Crippen molar-refractivity contribution in [1.82, 2.24) is 19.5 Å². The van der Waals surface area contributed by atoms with E-state index < -0.39 is 0 Å². The van der Waals surface area contributed by atoms with Crippen LogP contribution in [-0.4, -0.2) is 19.5 Å². The molecule has 7 rings (SSSR count). The van der Waals surface area contributed by atoms with Gasteiger partial charge in [-0.2, -0.15) is 0 Å². The summed E-state index contributed by atoms with van der Waals surface area (Å²) in [5, 5.41) is 2.07. The first-order valence-corrected chi connectivity index (χ1v) is 11.7. The molecule has 36 heavy (non-hydrogen) atoms. The summed E-state index contributed by atoms with van der Waals surface area (Å²) in [5.74, 6) is 0.799. The summed E-state index contributed by atoms with van der Waals surface area (Å²) < 4.78 is 14.1. The number of benzene rings is 2. The Bertz CT molecular complexity index is 1770. The first-order valence-electron chi connectivity index (χ1n) is 11.7.